The lowest BCUT2D eigenvalue weighted by Gasteiger charge is -2.07. The Balaban J connectivity index is 2.77. The third-order valence-corrected chi connectivity index (χ3v) is 2.79. The first-order valence-corrected chi connectivity index (χ1v) is 6.54. The molecule has 1 aromatic rings. The van der Waals surface area contributed by atoms with E-state index in [1.807, 2.05) is 6.26 Å². The van der Waals surface area contributed by atoms with Gasteiger partial charge in [0.2, 0.25) is 5.91 Å². The largest absolute Gasteiger partial charge is 0.409 e. The maximum Gasteiger partial charge on any atom is 0.225 e. The van der Waals surface area contributed by atoms with E-state index in [9.17, 15) is 9.18 Å². The average molecular weight is 271 g/mol. The minimum atomic E-state index is -0.628. The first-order valence-electron chi connectivity index (χ1n) is 5.14. The molecule has 0 fully saturated rings. The van der Waals surface area contributed by atoms with Crippen molar-refractivity contribution in [3.63, 3.8) is 0 Å². The second kappa shape index (κ2) is 6.85. The molecule has 0 aliphatic heterocycles. The molecule has 0 heterocycles. The Bertz CT molecular complexity index is 466. The molecule has 0 aliphatic rings. The SMILES string of the molecule is CSCCC(=O)Nc1ccc(/C(N)=N/O)cc1F. The number of amides is 1. The molecule has 0 saturated carbocycles. The summed E-state index contributed by atoms with van der Waals surface area (Å²) in [4.78, 5) is 11.4. The van der Waals surface area contributed by atoms with E-state index in [1.165, 1.54) is 23.9 Å². The maximum atomic E-state index is 13.6. The molecule has 0 saturated heterocycles. The molecule has 0 atom stereocenters. The summed E-state index contributed by atoms with van der Waals surface area (Å²) >= 11 is 1.54. The number of thioether (sulfide) groups is 1. The van der Waals surface area contributed by atoms with Gasteiger partial charge < -0.3 is 16.3 Å². The number of carbonyl (C=O) groups is 1. The standard InChI is InChI=1S/C11H14FN3O2S/c1-18-5-4-10(16)14-9-3-2-7(6-8(9)12)11(13)15-17/h2-3,6,17H,4-5H2,1H3,(H2,13,15)(H,14,16). The molecule has 0 spiro atoms. The Kier molecular flexibility index (Phi) is 5.44. The highest BCUT2D eigenvalue weighted by molar-refractivity contribution is 7.98. The van der Waals surface area contributed by atoms with Gasteiger partial charge in [0.1, 0.15) is 5.82 Å². The fourth-order valence-electron chi connectivity index (χ4n) is 1.24. The molecule has 0 bridgehead atoms. The number of oxime groups is 1. The van der Waals surface area contributed by atoms with Crippen LogP contribution in [0.1, 0.15) is 12.0 Å². The molecule has 7 heteroatoms. The lowest BCUT2D eigenvalue weighted by molar-refractivity contribution is -0.115. The van der Waals surface area contributed by atoms with Crippen LogP contribution < -0.4 is 11.1 Å². The van der Waals surface area contributed by atoms with Gasteiger partial charge in [0.25, 0.3) is 0 Å². The van der Waals surface area contributed by atoms with Crippen LogP contribution in [0.5, 0.6) is 0 Å². The quantitative estimate of drug-likeness (QED) is 0.328. The number of amidine groups is 1. The highest BCUT2D eigenvalue weighted by Gasteiger charge is 2.09. The van der Waals surface area contributed by atoms with Gasteiger partial charge in [-0.1, -0.05) is 5.16 Å². The van der Waals surface area contributed by atoms with Gasteiger partial charge in [0.05, 0.1) is 5.69 Å². The fraction of sp³-hybridized carbons (Fsp3) is 0.273. The fourth-order valence-corrected chi connectivity index (χ4v) is 1.63. The van der Waals surface area contributed by atoms with Gasteiger partial charge in [-0.05, 0) is 24.5 Å². The number of halogens is 1. The van der Waals surface area contributed by atoms with Crippen molar-refractivity contribution in [3.8, 4) is 0 Å². The molecule has 1 amide bonds. The number of carbonyl (C=O) groups excluding carboxylic acids is 1. The van der Waals surface area contributed by atoms with Crippen molar-refractivity contribution in [1.29, 1.82) is 0 Å². The number of anilines is 1. The van der Waals surface area contributed by atoms with Crippen molar-refractivity contribution >= 4 is 29.2 Å². The highest BCUT2D eigenvalue weighted by Crippen LogP contribution is 2.16. The zero-order valence-corrected chi connectivity index (χ0v) is 10.6. The van der Waals surface area contributed by atoms with Crippen molar-refractivity contribution in [2.24, 2.45) is 10.9 Å². The topological polar surface area (TPSA) is 87.7 Å². The summed E-state index contributed by atoms with van der Waals surface area (Å²) in [5.74, 6) is -0.388. The average Bonchev–Trinajstić information content (AvgIpc) is 2.37. The van der Waals surface area contributed by atoms with Gasteiger partial charge in [-0.3, -0.25) is 4.79 Å². The number of nitrogens with one attached hydrogen (secondary N) is 1. The van der Waals surface area contributed by atoms with Crippen molar-refractivity contribution in [1.82, 2.24) is 0 Å². The van der Waals surface area contributed by atoms with Gasteiger partial charge in [0.15, 0.2) is 5.84 Å². The Hall–Kier alpha value is -1.76. The summed E-state index contributed by atoms with van der Waals surface area (Å²) in [6.07, 6.45) is 2.21. The van der Waals surface area contributed by atoms with E-state index in [1.54, 1.807) is 0 Å². The number of nitrogens with zero attached hydrogens (tertiary/aromatic N) is 1. The Morgan fingerprint density at radius 2 is 2.33 bits per heavy atom. The molecule has 1 rings (SSSR count). The number of benzene rings is 1. The second-order valence-corrected chi connectivity index (χ2v) is 4.46. The van der Waals surface area contributed by atoms with E-state index >= 15 is 0 Å². The van der Waals surface area contributed by atoms with E-state index in [0.29, 0.717) is 12.2 Å². The molecule has 0 unspecified atom stereocenters. The van der Waals surface area contributed by atoms with E-state index in [0.717, 1.165) is 6.07 Å². The minimum absolute atomic E-state index is 0.0793. The smallest absolute Gasteiger partial charge is 0.225 e. The van der Waals surface area contributed by atoms with Crippen LogP contribution in [0.2, 0.25) is 0 Å². The first-order chi connectivity index (χ1) is 8.58. The van der Waals surface area contributed by atoms with E-state index in [-0.39, 0.29) is 23.0 Å². The van der Waals surface area contributed by atoms with Crippen molar-refractivity contribution in [2.75, 3.05) is 17.3 Å². The molecule has 5 nitrogen and oxygen atoms in total. The Labute approximate surface area is 108 Å². The van der Waals surface area contributed by atoms with Crippen LogP contribution >= 0.6 is 11.8 Å². The van der Waals surface area contributed by atoms with Crippen LogP contribution in [-0.4, -0.2) is 29.0 Å². The van der Waals surface area contributed by atoms with Crippen LogP contribution in [0.4, 0.5) is 10.1 Å². The monoisotopic (exact) mass is 271 g/mol. The summed E-state index contributed by atoms with van der Waals surface area (Å²) in [5.41, 5.74) is 5.65. The minimum Gasteiger partial charge on any atom is -0.409 e. The second-order valence-electron chi connectivity index (χ2n) is 3.47. The summed E-state index contributed by atoms with van der Waals surface area (Å²) in [6, 6.07) is 3.93. The lowest BCUT2D eigenvalue weighted by atomic mass is 10.2. The molecule has 98 valence electrons. The Morgan fingerprint density at radius 1 is 1.61 bits per heavy atom. The van der Waals surface area contributed by atoms with Crippen LogP contribution in [-0.2, 0) is 4.79 Å². The van der Waals surface area contributed by atoms with Gasteiger partial charge in [-0.15, -0.1) is 0 Å². The van der Waals surface area contributed by atoms with E-state index < -0.39 is 5.82 Å². The Morgan fingerprint density at radius 3 is 2.89 bits per heavy atom. The van der Waals surface area contributed by atoms with Gasteiger partial charge in [0, 0.05) is 17.7 Å². The number of nitrogens with two attached hydrogens (primary N) is 1. The molecule has 18 heavy (non-hydrogen) atoms. The summed E-state index contributed by atoms with van der Waals surface area (Å²) in [6.45, 7) is 0. The molecule has 0 aromatic heterocycles. The first kappa shape index (κ1) is 14.3. The predicted octanol–water partition coefficient (Wildman–Crippen LogP) is 1.61. The van der Waals surface area contributed by atoms with Crippen LogP contribution in [0.3, 0.4) is 0 Å². The summed E-state index contributed by atoms with van der Waals surface area (Å²) in [5, 5.41) is 13.7. The van der Waals surface area contributed by atoms with E-state index in [2.05, 4.69) is 10.5 Å². The van der Waals surface area contributed by atoms with Crippen LogP contribution in [0.15, 0.2) is 23.4 Å². The third kappa shape index (κ3) is 3.92. The molecular formula is C11H14FN3O2S. The molecule has 0 radical (unpaired) electrons. The highest BCUT2D eigenvalue weighted by atomic mass is 32.2. The number of hydrogen-bond donors (Lipinski definition) is 3. The van der Waals surface area contributed by atoms with Crippen LogP contribution in [0.25, 0.3) is 0 Å². The summed E-state index contributed by atoms with van der Waals surface area (Å²) < 4.78 is 13.6. The van der Waals surface area contributed by atoms with Crippen molar-refractivity contribution < 1.29 is 14.4 Å². The van der Waals surface area contributed by atoms with Crippen LogP contribution in [0, 0.1) is 5.82 Å². The number of rotatable bonds is 5. The van der Waals surface area contributed by atoms with Gasteiger partial charge in [-0.25, -0.2) is 4.39 Å². The zero-order chi connectivity index (χ0) is 13.5. The number of hydrogen-bond acceptors (Lipinski definition) is 4. The van der Waals surface area contributed by atoms with E-state index in [4.69, 9.17) is 10.9 Å². The van der Waals surface area contributed by atoms with Crippen molar-refractivity contribution in [3.05, 3.63) is 29.6 Å². The summed E-state index contributed by atoms with van der Waals surface area (Å²) in [7, 11) is 0. The third-order valence-electron chi connectivity index (χ3n) is 2.18. The molecular weight excluding hydrogens is 257 g/mol. The molecule has 1 aromatic carbocycles. The maximum absolute atomic E-state index is 13.6. The predicted molar refractivity (Wildman–Crippen MR) is 70.5 cm³/mol. The zero-order valence-electron chi connectivity index (χ0n) is 9.81. The molecule has 0 aliphatic carbocycles. The molecule has 4 N–H and O–H groups in total. The normalized spacial score (nSPS) is 11.3. The van der Waals surface area contributed by atoms with Gasteiger partial charge >= 0.3 is 0 Å². The van der Waals surface area contributed by atoms with Gasteiger partial charge in [-0.2, -0.15) is 11.8 Å². The lowest BCUT2D eigenvalue weighted by Crippen LogP contribution is -2.16. The van der Waals surface area contributed by atoms with Crippen molar-refractivity contribution in [2.45, 2.75) is 6.42 Å².